The fraction of sp³-hybridized carbons (Fsp3) is 0. The minimum Gasteiger partial charge on any atom is -1.00 e. The van der Waals surface area contributed by atoms with Gasteiger partial charge in [-0.25, -0.2) is 0 Å². The summed E-state index contributed by atoms with van der Waals surface area (Å²) in [6.45, 7) is 0. The van der Waals surface area contributed by atoms with E-state index in [1.54, 1.807) is 0 Å². The summed E-state index contributed by atoms with van der Waals surface area (Å²) in [6.07, 6.45) is 0. The predicted molar refractivity (Wildman–Crippen MR) is 7.55 cm³/mol. The Hall–Kier alpha value is 3.49. The number of hydrogen-bond acceptors (Lipinski definition) is 3. The van der Waals surface area contributed by atoms with Gasteiger partial charge in [0.25, 0.3) is 0 Å². The van der Waals surface area contributed by atoms with Gasteiger partial charge in [-0.3, -0.25) is 0 Å². The van der Waals surface area contributed by atoms with E-state index in [1.807, 2.05) is 0 Å². The van der Waals surface area contributed by atoms with Crippen LogP contribution in [0.2, 0.25) is 0 Å². The maximum atomic E-state index is 8.52. The zero-order chi connectivity index (χ0) is 3.58. The Balaban J connectivity index is -0.00000000750. The molecule has 0 amide bonds. The normalized spacial score (nSPS) is 3.43. The van der Waals surface area contributed by atoms with Crippen molar-refractivity contribution in [1.82, 2.24) is 0 Å². The molecule has 0 heterocycles. The predicted octanol–water partition coefficient (Wildman–Crippen LogP) is -11.8. The molecule has 0 aliphatic heterocycles. The first-order valence-electron chi connectivity index (χ1n) is 0.612. The largest absolute Gasteiger partial charge is 1.00 e. The molecule has 0 aromatic heterocycles. The van der Waals surface area contributed by atoms with Gasteiger partial charge in [-0.05, 0) is 0 Å². The van der Waals surface area contributed by atoms with E-state index in [0.29, 0.717) is 0 Å². The van der Waals surface area contributed by atoms with E-state index in [9.17, 15) is 0 Å². The van der Waals surface area contributed by atoms with Gasteiger partial charge in [-0.1, -0.05) is 0 Å². The molecule has 0 aromatic rings. The van der Waals surface area contributed by atoms with Crippen LogP contribution in [-0.2, 0) is 4.46 Å². The average Bonchev–Trinajstić information content (AvgIpc) is 0.811. The maximum absolute atomic E-state index is 8.52. The summed E-state index contributed by atoms with van der Waals surface area (Å²) in [4.78, 5) is 17.0. The molecule has 0 fully saturated rings. The summed E-state index contributed by atoms with van der Waals surface area (Å²) < 4.78 is 8.52. The van der Waals surface area contributed by atoms with Gasteiger partial charge in [0.2, 0.25) is 0 Å². The van der Waals surface area contributed by atoms with Gasteiger partial charge in [0.15, 0.2) is 0 Å². The molecule has 26 valence electrons. The van der Waals surface area contributed by atoms with Crippen molar-refractivity contribution >= 4 is 9.17 Å². The van der Waals surface area contributed by atoms with E-state index >= 15 is 0 Å². The van der Waals surface area contributed by atoms with Gasteiger partial charge in [0.1, 0.15) is 0 Å². The third kappa shape index (κ3) is 43.7. The van der Waals surface area contributed by atoms with Crippen LogP contribution in [0.3, 0.4) is 0 Å². The van der Waals surface area contributed by atoms with Crippen LogP contribution in [0.25, 0.3) is 0 Å². The molecule has 0 bridgehead atoms. The van der Waals surface area contributed by atoms with Crippen molar-refractivity contribution < 1.29 is 137 Å². The van der Waals surface area contributed by atoms with Gasteiger partial charge in [0.05, 0.1) is 0 Å². The SMILES string of the molecule is O=[Si]([O-])[O-].[H-].[K+].[K+].[Li+]. The van der Waals surface area contributed by atoms with E-state index < -0.39 is 9.17 Å². The Kier molecular flexibility index (Phi) is 52.0. The summed E-state index contributed by atoms with van der Waals surface area (Å²) in [7, 11) is -3.63. The third-order valence-electron chi connectivity index (χ3n) is 0. The summed E-state index contributed by atoms with van der Waals surface area (Å²) in [5.41, 5.74) is 0. The maximum Gasteiger partial charge on any atom is 1.00 e. The molecule has 0 aliphatic carbocycles. The standard InChI is InChI=1S/2K.Li.O3Si.H/c;;;1-4(2)3;/q3*+1;-2;-1. The first-order chi connectivity index (χ1) is 1.73. The molecule has 0 aromatic carbocycles. The Morgan fingerprint density at radius 2 is 1.29 bits per heavy atom. The number of rotatable bonds is 0. The molecule has 0 atom stereocenters. The molecule has 7 heavy (non-hydrogen) atoms. The molecule has 0 rings (SSSR count). The minimum atomic E-state index is -3.63. The fourth-order valence-corrected chi connectivity index (χ4v) is 0. The van der Waals surface area contributed by atoms with Crippen molar-refractivity contribution in [3.8, 4) is 0 Å². The zero-order valence-electron chi connectivity index (χ0n) is 5.72. The molecule has 0 spiro atoms. The summed E-state index contributed by atoms with van der Waals surface area (Å²) >= 11 is 0. The van der Waals surface area contributed by atoms with Crippen LogP contribution in [0.5, 0.6) is 0 Å². The molecule has 0 unspecified atom stereocenters. The van der Waals surface area contributed by atoms with E-state index in [4.69, 9.17) is 14.1 Å². The van der Waals surface area contributed by atoms with E-state index in [-0.39, 0.29) is 123 Å². The topological polar surface area (TPSA) is 63.2 Å². The van der Waals surface area contributed by atoms with Crippen LogP contribution in [0.15, 0.2) is 0 Å². The zero-order valence-corrected chi connectivity index (χ0v) is 12.0. The molecule has 0 N–H and O–H groups in total. The third-order valence-corrected chi connectivity index (χ3v) is 0. The van der Waals surface area contributed by atoms with Crippen molar-refractivity contribution in [3.05, 3.63) is 0 Å². The van der Waals surface area contributed by atoms with E-state index in [0.717, 1.165) is 0 Å². The molecule has 0 radical (unpaired) electrons. The molecule has 0 saturated heterocycles. The molecule has 0 saturated carbocycles. The Morgan fingerprint density at radius 1 is 1.29 bits per heavy atom. The monoisotopic (exact) mass is 162 g/mol. The van der Waals surface area contributed by atoms with Crippen LogP contribution in [0, 0.1) is 0 Å². The van der Waals surface area contributed by atoms with Gasteiger partial charge in [0, 0.05) is 9.17 Å². The molecule has 0 aliphatic rings. The quantitative estimate of drug-likeness (QED) is 0.332. The Morgan fingerprint density at radius 3 is 1.29 bits per heavy atom. The van der Waals surface area contributed by atoms with Crippen molar-refractivity contribution in [1.29, 1.82) is 0 Å². The first kappa shape index (κ1) is 22.4. The smallest absolute Gasteiger partial charge is 1.00 e. The first-order valence-corrected chi connectivity index (χ1v) is 1.84. The summed E-state index contributed by atoms with van der Waals surface area (Å²) in [5, 5.41) is 0. The van der Waals surface area contributed by atoms with E-state index in [1.165, 1.54) is 0 Å². The van der Waals surface area contributed by atoms with Gasteiger partial charge in [-0.15, -0.1) is 0 Å². The minimum absolute atomic E-state index is 0. The second-order valence-electron chi connectivity index (χ2n) is 0.250. The Labute approximate surface area is 142 Å². The number of hydrogen-bond donors (Lipinski definition) is 0. The molecule has 3 nitrogen and oxygen atoms in total. The van der Waals surface area contributed by atoms with Crippen LogP contribution in [-0.4, -0.2) is 9.17 Å². The van der Waals surface area contributed by atoms with Gasteiger partial charge in [-0.2, -0.15) is 0 Å². The summed E-state index contributed by atoms with van der Waals surface area (Å²) in [5.74, 6) is 0. The fourth-order valence-electron chi connectivity index (χ4n) is 0. The summed E-state index contributed by atoms with van der Waals surface area (Å²) in [6, 6.07) is 0. The second kappa shape index (κ2) is 16.2. The second-order valence-corrected chi connectivity index (χ2v) is 0.750. The van der Waals surface area contributed by atoms with Crippen molar-refractivity contribution in [3.63, 3.8) is 0 Å². The average molecular weight is 162 g/mol. The van der Waals surface area contributed by atoms with Crippen LogP contribution < -0.4 is 131 Å². The van der Waals surface area contributed by atoms with Crippen LogP contribution in [0.4, 0.5) is 0 Å². The van der Waals surface area contributed by atoms with Gasteiger partial charge < -0.3 is 15.5 Å². The Bertz CT molecular complexity index is 40.3. The molecular weight excluding hydrogens is 161 g/mol. The van der Waals surface area contributed by atoms with Crippen LogP contribution >= 0.6 is 0 Å². The molecule has 7 heteroatoms. The van der Waals surface area contributed by atoms with Gasteiger partial charge >= 0.3 is 122 Å². The van der Waals surface area contributed by atoms with Crippen molar-refractivity contribution in [2.45, 2.75) is 0 Å². The van der Waals surface area contributed by atoms with Crippen molar-refractivity contribution in [2.75, 3.05) is 0 Å². The van der Waals surface area contributed by atoms with E-state index in [2.05, 4.69) is 0 Å². The van der Waals surface area contributed by atoms with Crippen molar-refractivity contribution in [2.24, 2.45) is 0 Å². The molecular formula is HK2LiO3Si. The van der Waals surface area contributed by atoms with Crippen LogP contribution in [0.1, 0.15) is 1.43 Å².